The van der Waals surface area contributed by atoms with Crippen LogP contribution in [-0.4, -0.2) is 35.7 Å². The summed E-state index contributed by atoms with van der Waals surface area (Å²) >= 11 is 0. The molecule has 1 aliphatic heterocycles. The molecule has 1 heterocycles. The van der Waals surface area contributed by atoms with Crippen LogP contribution < -0.4 is 0 Å². The van der Waals surface area contributed by atoms with E-state index in [1.807, 2.05) is 7.05 Å². The third kappa shape index (κ3) is 2.04. The van der Waals surface area contributed by atoms with Gasteiger partial charge in [-0.25, -0.2) is 0 Å². The van der Waals surface area contributed by atoms with Crippen molar-refractivity contribution < 1.29 is 5.11 Å². The molecule has 2 nitrogen and oxygen atoms in total. The maximum atomic E-state index is 9.62. The van der Waals surface area contributed by atoms with E-state index in [1.54, 1.807) is 0 Å². The molecular weight excluding hydrogens is 138 g/mol. The normalized spacial score (nSPS) is 34.7. The van der Waals surface area contributed by atoms with Crippen molar-refractivity contribution in [3.05, 3.63) is 11.6 Å². The molecule has 0 aromatic heterocycles. The van der Waals surface area contributed by atoms with Gasteiger partial charge in [0.05, 0.1) is 6.10 Å². The summed E-state index contributed by atoms with van der Waals surface area (Å²) in [6.45, 7) is 5.11. The fourth-order valence-corrected chi connectivity index (χ4v) is 1.34. The highest BCUT2D eigenvalue weighted by atomic mass is 16.3. The Morgan fingerprint density at radius 3 is 2.91 bits per heavy atom. The molecule has 0 spiro atoms. The van der Waals surface area contributed by atoms with Gasteiger partial charge in [0.25, 0.3) is 0 Å². The van der Waals surface area contributed by atoms with E-state index in [0.29, 0.717) is 0 Å². The zero-order valence-electron chi connectivity index (χ0n) is 7.54. The van der Waals surface area contributed by atoms with Gasteiger partial charge in [0, 0.05) is 12.6 Å². The zero-order valence-corrected chi connectivity index (χ0v) is 7.54. The van der Waals surface area contributed by atoms with Crippen molar-refractivity contribution in [3.63, 3.8) is 0 Å². The lowest BCUT2D eigenvalue weighted by Gasteiger charge is -2.25. The fourth-order valence-electron chi connectivity index (χ4n) is 1.34. The minimum atomic E-state index is -0.196. The van der Waals surface area contributed by atoms with Gasteiger partial charge in [-0.3, -0.25) is 4.90 Å². The Kier molecular flexibility index (Phi) is 2.68. The first kappa shape index (κ1) is 8.75. The van der Waals surface area contributed by atoms with Gasteiger partial charge in [0.2, 0.25) is 0 Å². The van der Waals surface area contributed by atoms with Gasteiger partial charge in [-0.1, -0.05) is 11.6 Å². The summed E-state index contributed by atoms with van der Waals surface area (Å²) in [5, 5.41) is 9.62. The van der Waals surface area contributed by atoms with Crippen molar-refractivity contribution in [2.24, 2.45) is 0 Å². The molecule has 0 saturated carbocycles. The summed E-state index contributed by atoms with van der Waals surface area (Å²) in [6.07, 6.45) is 2.82. The molecule has 0 radical (unpaired) electrons. The number of likely N-dealkylation sites (N-methyl/N-ethyl adjacent to an activating group) is 1. The molecule has 0 fully saturated rings. The second-order valence-electron chi connectivity index (χ2n) is 3.50. The molecule has 2 heteroatoms. The standard InChI is InChI=1S/C9H17NO/c1-7-4-5-10(3)8(2)9(11)6-7/h4,8-9,11H,5-6H2,1-3H3/t8-,9+/m0/s1. The van der Waals surface area contributed by atoms with Gasteiger partial charge >= 0.3 is 0 Å². The molecule has 0 bridgehead atoms. The van der Waals surface area contributed by atoms with Crippen LogP contribution in [0.4, 0.5) is 0 Å². The molecular formula is C9H17NO. The number of aliphatic hydroxyl groups is 1. The maximum Gasteiger partial charge on any atom is 0.0729 e. The first-order chi connectivity index (χ1) is 5.11. The van der Waals surface area contributed by atoms with Gasteiger partial charge in [-0.2, -0.15) is 0 Å². The van der Waals surface area contributed by atoms with E-state index in [9.17, 15) is 5.11 Å². The largest absolute Gasteiger partial charge is 0.391 e. The maximum absolute atomic E-state index is 9.62. The highest BCUT2D eigenvalue weighted by Gasteiger charge is 2.20. The average Bonchev–Trinajstić information content (AvgIpc) is 2.05. The van der Waals surface area contributed by atoms with Gasteiger partial charge in [0.15, 0.2) is 0 Å². The van der Waals surface area contributed by atoms with Crippen molar-refractivity contribution in [2.45, 2.75) is 32.4 Å². The Morgan fingerprint density at radius 1 is 1.64 bits per heavy atom. The molecule has 1 aliphatic rings. The molecule has 0 aromatic rings. The monoisotopic (exact) mass is 155 g/mol. The molecule has 0 unspecified atom stereocenters. The van der Waals surface area contributed by atoms with Crippen LogP contribution in [0.15, 0.2) is 11.6 Å². The Morgan fingerprint density at radius 2 is 2.27 bits per heavy atom. The number of hydrogen-bond acceptors (Lipinski definition) is 2. The number of rotatable bonds is 0. The van der Waals surface area contributed by atoms with E-state index in [2.05, 4.69) is 24.8 Å². The Labute approximate surface area is 68.5 Å². The SMILES string of the molecule is CC1=CCN(C)[C@@H](C)[C@H](O)C1. The molecule has 0 aromatic carbocycles. The molecule has 0 saturated heterocycles. The lowest BCUT2D eigenvalue weighted by atomic mass is 10.1. The third-order valence-electron chi connectivity index (χ3n) is 2.51. The van der Waals surface area contributed by atoms with E-state index >= 15 is 0 Å². The van der Waals surface area contributed by atoms with Crippen molar-refractivity contribution in [3.8, 4) is 0 Å². The molecule has 0 aliphatic carbocycles. The zero-order chi connectivity index (χ0) is 8.43. The average molecular weight is 155 g/mol. The lowest BCUT2D eigenvalue weighted by molar-refractivity contribution is 0.0841. The molecule has 1 rings (SSSR count). The van der Waals surface area contributed by atoms with Crippen LogP contribution in [0.25, 0.3) is 0 Å². The summed E-state index contributed by atoms with van der Waals surface area (Å²) in [4.78, 5) is 2.17. The van der Waals surface area contributed by atoms with Gasteiger partial charge in [0.1, 0.15) is 0 Å². The third-order valence-corrected chi connectivity index (χ3v) is 2.51. The Hall–Kier alpha value is -0.340. The molecule has 1 N–H and O–H groups in total. The smallest absolute Gasteiger partial charge is 0.0729 e. The first-order valence-electron chi connectivity index (χ1n) is 4.15. The predicted octanol–water partition coefficient (Wildman–Crippen LogP) is 1.02. The van der Waals surface area contributed by atoms with Crippen LogP contribution in [0.5, 0.6) is 0 Å². The van der Waals surface area contributed by atoms with E-state index in [1.165, 1.54) is 5.57 Å². The van der Waals surface area contributed by atoms with Crippen molar-refractivity contribution in [2.75, 3.05) is 13.6 Å². The summed E-state index contributed by atoms with van der Waals surface area (Å²) < 4.78 is 0. The lowest BCUT2D eigenvalue weighted by Crippen LogP contribution is -2.37. The highest BCUT2D eigenvalue weighted by Crippen LogP contribution is 2.15. The van der Waals surface area contributed by atoms with E-state index in [-0.39, 0.29) is 12.1 Å². The van der Waals surface area contributed by atoms with E-state index in [4.69, 9.17) is 0 Å². The first-order valence-corrected chi connectivity index (χ1v) is 4.15. The minimum Gasteiger partial charge on any atom is -0.391 e. The van der Waals surface area contributed by atoms with Crippen LogP contribution in [0.2, 0.25) is 0 Å². The summed E-state index contributed by atoms with van der Waals surface area (Å²) in [5.74, 6) is 0. The Balaban J connectivity index is 2.65. The van der Waals surface area contributed by atoms with Crippen LogP contribution in [0, 0.1) is 0 Å². The Bertz CT molecular complexity index is 165. The van der Waals surface area contributed by atoms with Crippen LogP contribution in [-0.2, 0) is 0 Å². The topological polar surface area (TPSA) is 23.5 Å². The summed E-state index contributed by atoms with van der Waals surface area (Å²) in [7, 11) is 2.04. The highest BCUT2D eigenvalue weighted by molar-refractivity contribution is 5.05. The van der Waals surface area contributed by atoms with E-state index in [0.717, 1.165) is 13.0 Å². The van der Waals surface area contributed by atoms with E-state index < -0.39 is 0 Å². The molecule has 64 valence electrons. The van der Waals surface area contributed by atoms with Gasteiger partial charge in [-0.15, -0.1) is 0 Å². The molecule has 0 amide bonds. The minimum absolute atomic E-state index is 0.196. The van der Waals surface area contributed by atoms with Crippen LogP contribution in [0.3, 0.4) is 0 Å². The van der Waals surface area contributed by atoms with Crippen LogP contribution >= 0.6 is 0 Å². The second kappa shape index (κ2) is 3.37. The number of hydrogen-bond donors (Lipinski definition) is 1. The summed E-state index contributed by atoms with van der Waals surface area (Å²) in [6, 6.07) is 0.281. The van der Waals surface area contributed by atoms with Crippen molar-refractivity contribution in [1.29, 1.82) is 0 Å². The quantitative estimate of drug-likeness (QED) is 0.528. The molecule has 2 atom stereocenters. The second-order valence-corrected chi connectivity index (χ2v) is 3.50. The number of nitrogens with zero attached hydrogens (tertiary/aromatic N) is 1. The van der Waals surface area contributed by atoms with Gasteiger partial charge < -0.3 is 5.11 Å². The summed E-state index contributed by atoms with van der Waals surface area (Å²) in [5.41, 5.74) is 1.30. The van der Waals surface area contributed by atoms with Crippen molar-refractivity contribution in [1.82, 2.24) is 4.90 Å². The fraction of sp³-hybridized carbons (Fsp3) is 0.778. The van der Waals surface area contributed by atoms with Crippen LogP contribution in [0.1, 0.15) is 20.3 Å². The van der Waals surface area contributed by atoms with Crippen molar-refractivity contribution >= 4 is 0 Å². The van der Waals surface area contributed by atoms with Gasteiger partial charge in [-0.05, 0) is 27.3 Å². The predicted molar refractivity (Wildman–Crippen MR) is 46.5 cm³/mol. The number of aliphatic hydroxyl groups excluding tert-OH is 1. The molecule has 11 heavy (non-hydrogen) atoms.